The third-order valence-electron chi connectivity index (χ3n) is 3.91. The molecule has 3 rings (SSSR count). The zero-order valence-electron chi connectivity index (χ0n) is 14.5. The molecule has 0 saturated heterocycles. The van der Waals surface area contributed by atoms with Crippen molar-refractivity contribution in [3.63, 3.8) is 0 Å². The number of hydrogen-bond acceptors (Lipinski definition) is 4. The topological polar surface area (TPSA) is 51.0 Å². The van der Waals surface area contributed by atoms with Crippen molar-refractivity contribution in [2.24, 2.45) is 0 Å². The van der Waals surface area contributed by atoms with Crippen LogP contribution in [0.1, 0.15) is 12.7 Å². The highest BCUT2D eigenvalue weighted by Gasteiger charge is 2.23. The van der Waals surface area contributed by atoms with E-state index in [2.05, 4.69) is 10.2 Å². The van der Waals surface area contributed by atoms with E-state index in [1.807, 2.05) is 79.1 Å². The number of thioether (sulfide) groups is 1. The molecule has 0 saturated carbocycles. The van der Waals surface area contributed by atoms with Crippen molar-refractivity contribution < 1.29 is 4.79 Å². The SMILES string of the molecule is Cc1nnc(SC(C)C(=O)N(C)c2ccccc2)n1-c1ccccc1. The van der Waals surface area contributed by atoms with Gasteiger partial charge in [-0.2, -0.15) is 0 Å². The summed E-state index contributed by atoms with van der Waals surface area (Å²) < 4.78 is 1.97. The molecule has 1 heterocycles. The quantitative estimate of drug-likeness (QED) is 0.657. The zero-order valence-corrected chi connectivity index (χ0v) is 15.3. The van der Waals surface area contributed by atoms with E-state index in [-0.39, 0.29) is 11.2 Å². The molecule has 2 aromatic carbocycles. The summed E-state index contributed by atoms with van der Waals surface area (Å²) >= 11 is 1.42. The van der Waals surface area contributed by atoms with E-state index in [4.69, 9.17) is 0 Å². The first-order chi connectivity index (χ1) is 12.1. The fourth-order valence-corrected chi connectivity index (χ4v) is 3.56. The molecule has 0 bridgehead atoms. The molecule has 0 aliphatic heterocycles. The summed E-state index contributed by atoms with van der Waals surface area (Å²) in [6.07, 6.45) is 0. The summed E-state index contributed by atoms with van der Waals surface area (Å²) in [5.41, 5.74) is 1.87. The standard InChI is InChI=1S/C19H20N4OS/c1-14(18(24)22(3)16-10-6-4-7-11-16)25-19-21-20-15(2)23(19)17-12-8-5-9-13-17/h4-14H,1-3H3. The Hall–Kier alpha value is -2.60. The number of benzene rings is 2. The lowest BCUT2D eigenvalue weighted by molar-refractivity contribution is -0.117. The second kappa shape index (κ2) is 7.53. The molecule has 6 heteroatoms. The molecule has 0 spiro atoms. The molecule has 0 aliphatic carbocycles. The maximum absolute atomic E-state index is 12.8. The van der Waals surface area contributed by atoms with E-state index in [9.17, 15) is 4.79 Å². The number of aryl methyl sites for hydroxylation is 1. The Morgan fingerprint density at radius 3 is 2.28 bits per heavy atom. The van der Waals surface area contributed by atoms with E-state index >= 15 is 0 Å². The Balaban J connectivity index is 1.80. The molecule has 1 aromatic heterocycles. The maximum atomic E-state index is 12.8. The Kier molecular flexibility index (Phi) is 5.19. The third kappa shape index (κ3) is 3.74. The Morgan fingerprint density at radius 2 is 1.64 bits per heavy atom. The number of anilines is 1. The minimum atomic E-state index is -0.281. The summed E-state index contributed by atoms with van der Waals surface area (Å²) in [5.74, 6) is 0.821. The predicted molar refractivity (Wildman–Crippen MR) is 101 cm³/mol. The lowest BCUT2D eigenvalue weighted by atomic mass is 10.3. The van der Waals surface area contributed by atoms with E-state index in [0.29, 0.717) is 5.16 Å². The Labute approximate surface area is 151 Å². The van der Waals surface area contributed by atoms with E-state index in [1.54, 1.807) is 11.9 Å². The van der Waals surface area contributed by atoms with Crippen molar-refractivity contribution in [1.29, 1.82) is 0 Å². The summed E-state index contributed by atoms with van der Waals surface area (Å²) in [7, 11) is 1.79. The average Bonchev–Trinajstić information content (AvgIpc) is 3.02. The number of amides is 1. The molecule has 3 aromatic rings. The van der Waals surface area contributed by atoms with Crippen molar-refractivity contribution in [3.05, 3.63) is 66.5 Å². The van der Waals surface area contributed by atoms with Gasteiger partial charge in [0.15, 0.2) is 5.16 Å². The molecule has 5 nitrogen and oxygen atoms in total. The number of nitrogens with zero attached hydrogens (tertiary/aromatic N) is 4. The molecule has 0 aliphatic rings. The maximum Gasteiger partial charge on any atom is 0.240 e. The lowest BCUT2D eigenvalue weighted by Gasteiger charge is -2.21. The number of rotatable bonds is 5. The van der Waals surface area contributed by atoms with Crippen molar-refractivity contribution in [1.82, 2.24) is 14.8 Å². The van der Waals surface area contributed by atoms with Crippen LogP contribution >= 0.6 is 11.8 Å². The summed E-state index contributed by atoms with van der Waals surface area (Å²) in [5, 5.41) is 8.86. The summed E-state index contributed by atoms with van der Waals surface area (Å²) in [6.45, 7) is 3.80. The van der Waals surface area contributed by atoms with Crippen LogP contribution in [0.2, 0.25) is 0 Å². The van der Waals surface area contributed by atoms with Crippen molar-refractivity contribution in [2.45, 2.75) is 24.3 Å². The molecule has 1 atom stereocenters. The van der Waals surface area contributed by atoms with Crippen LogP contribution in [0.3, 0.4) is 0 Å². The van der Waals surface area contributed by atoms with Gasteiger partial charge < -0.3 is 4.90 Å². The zero-order chi connectivity index (χ0) is 17.8. The minimum absolute atomic E-state index is 0.0245. The first kappa shape index (κ1) is 17.2. The van der Waals surface area contributed by atoms with Gasteiger partial charge in [-0.3, -0.25) is 9.36 Å². The Morgan fingerprint density at radius 1 is 1.04 bits per heavy atom. The van der Waals surface area contributed by atoms with Crippen LogP contribution in [0, 0.1) is 6.92 Å². The number of hydrogen-bond donors (Lipinski definition) is 0. The van der Waals surface area contributed by atoms with Crippen LogP contribution in [0.25, 0.3) is 5.69 Å². The van der Waals surface area contributed by atoms with Crippen LogP contribution < -0.4 is 4.90 Å². The number of aromatic nitrogens is 3. The van der Waals surface area contributed by atoms with Gasteiger partial charge in [-0.1, -0.05) is 48.2 Å². The highest BCUT2D eigenvalue weighted by Crippen LogP contribution is 2.27. The van der Waals surface area contributed by atoms with Crippen LogP contribution in [0.15, 0.2) is 65.8 Å². The highest BCUT2D eigenvalue weighted by molar-refractivity contribution is 8.00. The van der Waals surface area contributed by atoms with Crippen LogP contribution in [-0.4, -0.2) is 33.0 Å². The molecular formula is C19H20N4OS. The van der Waals surface area contributed by atoms with Gasteiger partial charge in [0.25, 0.3) is 0 Å². The molecule has 0 fully saturated rings. The van der Waals surface area contributed by atoms with Gasteiger partial charge in [0.05, 0.1) is 5.25 Å². The van der Waals surface area contributed by atoms with Crippen LogP contribution in [0.5, 0.6) is 0 Å². The van der Waals surface area contributed by atoms with Gasteiger partial charge in [0.1, 0.15) is 5.82 Å². The summed E-state index contributed by atoms with van der Waals surface area (Å²) in [6, 6.07) is 19.5. The molecule has 1 amide bonds. The largest absolute Gasteiger partial charge is 0.315 e. The number of para-hydroxylation sites is 2. The first-order valence-corrected chi connectivity index (χ1v) is 8.92. The average molecular weight is 352 g/mol. The van der Waals surface area contributed by atoms with Gasteiger partial charge in [-0.15, -0.1) is 10.2 Å². The minimum Gasteiger partial charge on any atom is -0.315 e. The number of carbonyl (C=O) groups excluding carboxylic acids is 1. The fourth-order valence-electron chi connectivity index (χ4n) is 2.55. The molecule has 25 heavy (non-hydrogen) atoms. The van der Waals surface area contributed by atoms with Crippen molar-refractivity contribution in [2.75, 3.05) is 11.9 Å². The molecular weight excluding hydrogens is 332 g/mol. The van der Waals surface area contributed by atoms with Crippen LogP contribution in [-0.2, 0) is 4.79 Å². The lowest BCUT2D eigenvalue weighted by Crippen LogP contribution is -2.33. The smallest absolute Gasteiger partial charge is 0.240 e. The highest BCUT2D eigenvalue weighted by atomic mass is 32.2. The van der Waals surface area contributed by atoms with Crippen LogP contribution in [0.4, 0.5) is 5.69 Å². The second-order valence-electron chi connectivity index (χ2n) is 5.69. The molecule has 128 valence electrons. The van der Waals surface area contributed by atoms with Crippen molar-refractivity contribution in [3.8, 4) is 5.69 Å². The van der Waals surface area contributed by atoms with E-state index in [0.717, 1.165) is 17.2 Å². The first-order valence-electron chi connectivity index (χ1n) is 8.04. The van der Waals surface area contributed by atoms with Gasteiger partial charge in [0, 0.05) is 18.4 Å². The predicted octanol–water partition coefficient (Wildman–Crippen LogP) is 3.72. The summed E-state index contributed by atoms with van der Waals surface area (Å²) in [4.78, 5) is 14.4. The van der Waals surface area contributed by atoms with Gasteiger partial charge >= 0.3 is 0 Å². The fraction of sp³-hybridized carbons (Fsp3) is 0.211. The number of carbonyl (C=O) groups is 1. The van der Waals surface area contributed by atoms with Crippen molar-refractivity contribution >= 4 is 23.4 Å². The van der Waals surface area contributed by atoms with Gasteiger partial charge in [-0.25, -0.2) is 0 Å². The monoisotopic (exact) mass is 352 g/mol. The molecule has 0 N–H and O–H groups in total. The molecule has 0 radical (unpaired) electrons. The van der Waals surface area contributed by atoms with Gasteiger partial charge in [-0.05, 0) is 38.1 Å². The molecule has 1 unspecified atom stereocenters. The third-order valence-corrected chi connectivity index (χ3v) is 4.94. The Bertz CT molecular complexity index is 848. The van der Waals surface area contributed by atoms with E-state index < -0.39 is 0 Å². The van der Waals surface area contributed by atoms with E-state index in [1.165, 1.54) is 11.8 Å². The second-order valence-corrected chi connectivity index (χ2v) is 7.00. The van der Waals surface area contributed by atoms with Gasteiger partial charge in [0.2, 0.25) is 5.91 Å². The normalized spacial score (nSPS) is 12.0.